The summed E-state index contributed by atoms with van der Waals surface area (Å²) < 4.78 is 24.0. The molecule has 0 aliphatic rings. The van der Waals surface area contributed by atoms with E-state index >= 15 is 0 Å². The van der Waals surface area contributed by atoms with Gasteiger partial charge in [-0.25, -0.2) is 13.2 Å². The maximum atomic E-state index is 12.0. The smallest absolute Gasteiger partial charge is 0.335 e. The molecule has 7 heteroatoms. The molecule has 1 rings (SSSR count). The third-order valence-electron chi connectivity index (χ3n) is 2.43. The van der Waals surface area contributed by atoms with Crippen molar-refractivity contribution in [3.63, 3.8) is 0 Å². The number of aliphatic carboxylic acids is 1. The molecule has 0 radical (unpaired) electrons. The molecule has 0 aliphatic carbocycles. The zero-order valence-corrected chi connectivity index (χ0v) is 10.3. The van der Waals surface area contributed by atoms with Gasteiger partial charge in [-0.1, -0.05) is 13.0 Å². The Hall–Kier alpha value is -1.89. The molecule has 2 N–H and O–H groups in total. The molecule has 0 spiro atoms. The Morgan fingerprint density at radius 1 is 1.28 bits per heavy atom. The lowest BCUT2D eigenvalue weighted by molar-refractivity contribution is -0.136. The van der Waals surface area contributed by atoms with Gasteiger partial charge in [0, 0.05) is 0 Å². The standard InChI is InChI=1S/C11H12O6S/c1-2-9(11(14)15)18(16,17)8-5-3-4-7(6-8)10(12)13/h3-6,9H,2H2,1H3,(H,12,13)(H,14,15). The lowest BCUT2D eigenvalue weighted by Crippen LogP contribution is -2.29. The molecule has 1 aromatic carbocycles. The van der Waals surface area contributed by atoms with Gasteiger partial charge in [-0.2, -0.15) is 0 Å². The van der Waals surface area contributed by atoms with Gasteiger partial charge in [-0.05, 0) is 24.6 Å². The first-order valence-corrected chi connectivity index (χ1v) is 6.65. The molecule has 0 fully saturated rings. The predicted octanol–water partition coefficient (Wildman–Crippen LogP) is 1.02. The van der Waals surface area contributed by atoms with E-state index in [4.69, 9.17) is 10.2 Å². The van der Waals surface area contributed by atoms with E-state index in [1.165, 1.54) is 25.1 Å². The number of sulfone groups is 1. The molecular formula is C11H12O6S. The van der Waals surface area contributed by atoms with Crippen molar-refractivity contribution in [3.05, 3.63) is 29.8 Å². The number of hydrogen-bond donors (Lipinski definition) is 2. The highest BCUT2D eigenvalue weighted by molar-refractivity contribution is 7.92. The van der Waals surface area contributed by atoms with Crippen molar-refractivity contribution < 1.29 is 28.2 Å². The number of carboxylic acids is 2. The van der Waals surface area contributed by atoms with Crippen LogP contribution in [0.15, 0.2) is 29.2 Å². The normalized spacial score (nSPS) is 12.9. The van der Waals surface area contributed by atoms with Crippen molar-refractivity contribution in [2.75, 3.05) is 0 Å². The Bertz CT molecular complexity index is 575. The van der Waals surface area contributed by atoms with Crippen molar-refractivity contribution in [2.45, 2.75) is 23.5 Å². The average molecular weight is 272 g/mol. The third-order valence-corrected chi connectivity index (χ3v) is 4.63. The van der Waals surface area contributed by atoms with Crippen molar-refractivity contribution in [2.24, 2.45) is 0 Å². The van der Waals surface area contributed by atoms with Gasteiger partial charge in [0.25, 0.3) is 0 Å². The molecule has 1 atom stereocenters. The highest BCUT2D eigenvalue weighted by Crippen LogP contribution is 2.20. The molecule has 6 nitrogen and oxygen atoms in total. The highest BCUT2D eigenvalue weighted by Gasteiger charge is 2.32. The van der Waals surface area contributed by atoms with E-state index in [-0.39, 0.29) is 16.9 Å². The zero-order chi connectivity index (χ0) is 13.9. The number of benzene rings is 1. The van der Waals surface area contributed by atoms with Crippen LogP contribution in [-0.2, 0) is 14.6 Å². The fraction of sp³-hybridized carbons (Fsp3) is 0.273. The molecule has 1 unspecified atom stereocenters. The second-order valence-corrected chi connectivity index (χ2v) is 5.74. The molecule has 0 amide bonds. The Morgan fingerprint density at radius 3 is 2.33 bits per heavy atom. The minimum atomic E-state index is -4.07. The summed E-state index contributed by atoms with van der Waals surface area (Å²) >= 11 is 0. The van der Waals surface area contributed by atoms with Crippen LogP contribution < -0.4 is 0 Å². The Balaban J connectivity index is 3.32. The van der Waals surface area contributed by atoms with Gasteiger partial charge in [-0.3, -0.25) is 4.79 Å². The minimum Gasteiger partial charge on any atom is -0.480 e. The van der Waals surface area contributed by atoms with Crippen LogP contribution in [0.3, 0.4) is 0 Å². The van der Waals surface area contributed by atoms with Gasteiger partial charge in [0.1, 0.15) is 0 Å². The van der Waals surface area contributed by atoms with Gasteiger partial charge in [0.15, 0.2) is 15.1 Å². The lowest BCUT2D eigenvalue weighted by atomic mass is 10.2. The van der Waals surface area contributed by atoms with Crippen LogP contribution in [0.5, 0.6) is 0 Å². The summed E-state index contributed by atoms with van der Waals surface area (Å²) in [5, 5.41) is 16.1. The van der Waals surface area contributed by atoms with Crippen LogP contribution in [0.1, 0.15) is 23.7 Å². The first kappa shape index (κ1) is 14.2. The van der Waals surface area contributed by atoms with E-state index in [1.807, 2.05) is 0 Å². The molecule has 0 saturated carbocycles. The van der Waals surface area contributed by atoms with Crippen molar-refractivity contribution >= 4 is 21.8 Å². The van der Waals surface area contributed by atoms with Crippen LogP contribution in [0, 0.1) is 0 Å². The molecule has 0 aliphatic heterocycles. The second-order valence-electron chi connectivity index (χ2n) is 3.61. The van der Waals surface area contributed by atoms with E-state index in [1.54, 1.807) is 0 Å². The fourth-order valence-electron chi connectivity index (χ4n) is 1.50. The summed E-state index contributed by atoms with van der Waals surface area (Å²) in [4.78, 5) is 21.3. The van der Waals surface area contributed by atoms with E-state index in [9.17, 15) is 18.0 Å². The lowest BCUT2D eigenvalue weighted by Gasteiger charge is -2.11. The Kier molecular flexibility index (Phi) is 4.07. The first-order valence-electron chi connectivity index (χ1n) is 5.10. The number of hydrogen-bond acceptors (Lipinski definition) is 4. The first-order chi connectivity index (χ1) is 8.30. The average Bonchev–Trinajstić information content (AvgIpc) is 2.29. The van der Waals surface area contributed by atoms with Crippen molar-refractivity contribution in [1.29, 1.82) is 0 Å². The van der Waals surface area contributed by atoms with Crippen LogP contribution in [0.2, 0.25) is 0 Å². The van der Waals surface area contributed by atoms with Crippen molar-refractivity contribution in [3.8, 4) is 0 Å². The van der Waals surface area contributed by atoms with Crippen LogP contribution in [0.25, 0.3) is 0 Å². The molecule has 0 bridgehead atoms. The summed E-state index contributed by atoms with van der Waals surface area (Å²) in [6.45, 7) is 1.44. The van der Waals surface area contributed by atoms with E-state index in [2.05, 4.69) is 0 Å². The number of rotatable bonds is 5. The minimum absolute atomic E-state index is 0.0883. The molecular weight excluding hydrogens is 260 g/mol. The van der Waals surface area contributed by atoms with E-state index in [0.29, 0.717) is 0 Å². The molecule has 18 heavy (non-hydrogen) atoms. The molecule has 0 saturated heterocycles. The van der Waals surface area contributed by atoms with Crippen LogP contribution in [-0.4, -0.2) is 35.8 Å². The fourth-order valence-corrected chi connectivity index (χ4v) is 3.09. The molecule has 0 aromatic heterocycles. The summed E-state index contributed by atoms with van der Waals surface area (Å²) in [5.74, 6) is -2.71. The number of aromatic carboxylic acids is 1. The highest BCUT2D eigenvalue weighted by atomic mass is 32.2. The van der Waals surface area contributed by atoms with Gasteiger partial charge in [0.05, 0.1) is 10.5 Å². The van der Waals surface area contributed by atoms with E-state index in [0.717, 1.165) is 6.07 Å². The molecule has 98 valence electrons. The monoisotopic (exact) mass is 272 g/mol. The number of carboxylic acid groups (broad SMARTS) is 2. The summed E-state index contributed by atoms with van der Waals surface area (Å²) in [6.07, 6.45) is -0.0883. The summed E-state index contributed by atoms with van der Waals surface area (Å²) in [7, 11) is -4.07. The van der Waals surface area contributed by atoms with Gasteiger partial charge in [-0.15, -0.1) is 0 Å². The predicted molar refractivity (Wildman–Crippen MR) is 62.3 cm³/mol. The van der Waals surface area contributed by atoms with Crippen LogP contribution >= 0.6 is 0 Å². The van der Waals surface area contributed by atoms with E-state index < -0.39 is 27.0 Å². The zero-order valence-electron chi connectivity index (χ0n) is 9.53. The van der Waals surface area contributed by atoms with Crippen LogP contribution in [0.4, 0.5) is 0 Å². The molecule has 1 aromatic rings. The SMILES string of the molecule is CCC(C(=O)O)S(=O)(=O)c1cccc(C(=O)O)c1. The Labute approximate surface area is 104 Å². The van der Waals surface area contributed by atoms with Gasteiger partial charge < -0.3 is 10.2 Å². The topological polar surface area (TPSA) is 109 Å². The van der Waals surface area contributed by atoms with Crippen molar-refractivity contribution in [1.82, 2.24) is 0 Å². The maximum absolute atomic E-state index is 12.0. The summed E-state index contributed by atoms with van der Waals surface area (Å²) in [5.41, 5.74) is -0.198. The molecule has 0 heterocycles. The Morgan fingerprint density at radius 2 is 1.89 bits per heavy atom. The second kappa shape index (κ2) is 5.18. The third kappa shape index (κ3) is 2.67. The van der Waals surface area contributed by atoms with Gasteiger partial charge in [0.2, 0.25) is 0 Å². The quantitative estimate of drug-likeness (QED) is 0.828. The maximum Gasteiger partial charge on any atom is 0.335 e. The van der Waals surface area contributed by atoms with Gasteiger partial charge >= 0.3 is 11.9 Å². The number of carbonyl (C=O) groups is 2. The largest absolute Gasteiger partial charge is 0.480 e. The summed E-state index contributed by atoms with van der Waals surface area (Å²) in [6, 6.07) is 4.66.